The van der Waals surface area contributed by atoms with E-state index in [1.54, 1.807) is 0 Å². The predicted molar refractivity (Wildman–Crippen MR) is 82.8 cm³/mol. The number of amides is 1. The molecule has 1 N–H and O–H groups in total. The van der Waals surface area contributed by atoms with Crippen LogP contribution in [0.15, 0.2) is 42.5 Å². The van der Waals surface area contributed by atoms with E-state index < -0.39 is 0 Å². The highest BCUT2D eigenvalue weighted by atomic mass is 16.5. The number of carbonyl (C=O) groups is 1. The average Bonchev–Trinajstić information content (AvgIpc) is 2.41. The second-order valence-corrected chi connectivity index (χ2v) is 6.06. The standard InChI is InChI=1S/C17H25NO2/c1-14(15-9-6-5-7-10-15)13-18-16(19)20-12-8-11-17(2,3)4/h5-11,14H,12-13H2,1-4H3,(H,18,19). The van der Waals surface area contributed by atoms with Crippen LogP contribution < -0.4 is 5.32 Å². The third kappa shape index (κ3) is 6.98. The number of allylic oxidation sites excluding steroid dienone is 1. The van der Waals surface area contributed by atoms with Gasteiger partial charge in [0.2, 0.25) is 0 Å². The second-order valence-electron chi connectivity index (χ2n) is 6.06. The Morgan fingerprint density at radius 3 is 2.55 bits per heavy atom. The number of nitrogens with one attached hydrogen (secondary N) is 1. The zero-order valence-electron chi connectivity index (χ0n) is 12.8. The molecule has 1 atom stereocenters. The average molecular weight is 275 g/mol. The third-order valence-corrected chi connectivity index (χ3v) is 2.85. The minimum atomic E-state index is -0.369. The monoisotopic (exact) mass is 275 g/mol. The van der Waals surface area contributed by atoms with Gasteiger partial charge in [-0.05, 0) is 16.9 Å². The van der Waals surface area contributed by atoms with Crippen molar-refractivity contribution in [1.29, 1.82) is 0 Å². The highest BCUT2D eigenvalue weighted by Gasteiger charge is 2.08. The van der Waals surface area contributed by atoms with Crippen LogP contribution in [0.5, 0.6) is 0 Å². The van der Waals surface area contributed by atoms with Gasteiger partial charge in [0.05, 0.1) is 0 Å². The van der Waals surface area contributed by atoms with E-state index in [9.17, 15) is 4.79 Å². The lowest BCUT2D eigenvalue weighted by molar-refractivity contribution is 0.157. The molecule has 0 aromatic heterocycles. The molecule has 1 rings (SSSR count). The van der Waals surface area contributed by atoms with Gasteiger partial charge in [0.1, 0.15) is 6.61 Å². The Kier molecular flexibility index (Phi) is 6.29. The number of alkyl carbamates (subject to hydrolysis) is 1. The molecule has 0 bridgehead atoms. The molecular weight excluding hydrogens is 250 g/mol. The topological polar surface area (TPSA) is 38.3 Å². The molecule has 0 fully saturated rings. The molecule has 0 radical (unpaired) electrons. The summed E-state index contributed by atoms with van der Waals surface area (Å²) in [5.41, 5.74) is 1.32. The van der Waals surface area contributed by atoms with Gasteiger partial charge in [-0.25, -0.2) is 4.79 Å². The summed E-state index contributed by atoms with van der Waals surface area (Å²) in [5.74, 6) is 0.272. The molecule has 0 saturated carbocycles. The summed E-state index contributed by atoms with van der Waals surface area (Å²) in [5, 5.41) is 2.78. The van der Waals surface area contributed by atoms with Crippen LogP contribution in [0.4, 0.5) is 4.79 Å². The molecule has 0 saturated heterocycles. The van der Waals surface area contributed by atoms with E-state index in [1.165, 1.54) is 5.56 Å². The number of ether oxygens (including phenoxy) is 1. The highest BCUT2D eigenvalue weighted by Crippen LogP contribution is 2.14. The molecule has 20 heavy (non-hydrogen) atoms. The van der Waals surface area contributed by atoms with Crippen molar-refractivity contribution in [3.63, 3.8) is 0 Å². The zero-order chi connectivity index (χ0) is 15.0. The number of hydrogen-bond acceptors (Lipinski definition) is 2. The van der Waals surface area contributed by atoms with Crippen LogP contribution in [0.1, 0.15) is 39.2 Å². The van der Waals surface area contributed by atoms with Gasteiger partial charge in [-0.1, -0.05) is 70.2 Å². The van der Waals surface area contributed by atoms with Crippen LogP contribution in [0.25, 0.3) is 0 Å². The largest absolute Gasteiger partial charge is 0.445 e. The first-order valence-electron chi connectivity index (χ1n) is 7.02. The second kappa shape index (κ2) is 7.73. The van der Waals surface area contributed by atoms with E-state index >= 15 is 0 Å². The maximum absolute atomic E-state index is 11.5. The Labute approximate surface area is 122 Å². The van der Waals surface area contributed by atoms with E-state index in [0.29, 0.717) is 13.2 Å². The lowest BCUT2D eigenvalue weighted by Gasteiger charge is -2.13. The molecule has 1 aromatic rings. The van der Waals surface area contributed by atoms with Crippen LogP contribution in [0.3, 0.4) is 0 Å². The molecule has 0 aliphatic carbocycles. The molecule has 3 nitrogen and oxygen atoms in total. The first-order chi connectivity index (χ1) is 9.38. The van der Waals surface area contributed by atoms with Crippen molar-refractivity contribution in [2.45, 2.75) is 33.6 Å². The van der Waals surface area contributed by atoms with Crippen molar-refractivity contribution in [2.24, 2.45) is 5.41 Å². The van der Waals surface area contributed by atoms with Gasteiger partial charge in [0, 0.05) is 6.54 Å². The van der Waals surface area contributed by atoms with Crippen LogP contribution in [-0.4, -0.2) is 19.2 Å². The fourth-order valence-electron chi connectivity index (χ4n) is 1.71. The molecule has 0 spiro atoms. The summed E-state index contributed by atoms with van der Waals surface area (Å²) in [7, 11) is 0. The Balaban J connectivity index is 2.25. The van der Waals surface area contributed by atoms with Crippen molar-refractivity contribution in [1.82, 2.24) is 5.32 Å². The Morgan fingerprint density at radius 2 is 1.95 bits per heavy atom. The Hall–Kier alpha value is -1.77. The molecule has 0 heterocycles. The summed E-state index contributed by atoms with van der Waals surface area (Å²) in [6.45, 7) is 9.27. The van der Waals surface area contributed by atoms with Crippen molar-refractivity contribution >= 4 is 6.09 Å². The zero-order valence-corrected chi connectivity index (χ0v) is 12.8. The molecule has 1 aromatic carbocycles. The summed E-state index contributed by atoms with van der Waals surface area (Å²) in [4.78, 5) is 11.5. The van der Waals surface area contributed by atoms with Gasteiger partial charge >= 0.3 is 6.09 Å². The van der Waals surface area contributed by atoms with Gasteiger partial charge in [-0.3, -0.25) is 0 Å². The molecule has 3 heteroatoms. The minimum Gasteiger partial charge on any atom is -0.445 e. The maximum atomic E-state index is 11.5. The number of hydrogen-bond donors (Lipinski definition) is 1. The Morgan fingerprint density at radius 1 is 1.30 bits per heavy atom. The van der Waals surface area contributed by atoms with Gasteiger partial charge in [-0.15, -0.1) is 0 Å². The van der Waals surface area contributed by atoms with E-state index in [-0.39, 0.29) is 17.4 Å². The predicted octanol–water partition coefficient (Wildman–Crippen LogP) is 4.12. The first kappa shape index (κ1) is 16.3. The Bertz CT molecular complexity index is 432. The number of benzene rings is 1. The van der Waals surface area contributed by atoms with Crippen LogP contribution in [0.2, 0.25) is 0 Å². The lowest BCUT2D eigenvalue weighted by atomic mass is 9.96. The third-order valence-electron chi connectivity index (χ3n) is 2.85. The molecule has 0 aliphatic heterocycles. The fraction of sp³-hybridized carbons (Fsp3) is 0.471. The highest BCUT2D eigenvalue weighted by molar-refractivity contribution is 5.67. The molecular formula is C17H25NO2. The van der Waals surface area contributed by atoms with E-state index in [2.05, 4.69) is 45.1 Å². The first-order valence-corrected chi connectivity index (χ1v) is 7.02. The van der Waals surface area contributed by atoms with Crippen molar-refractivity contribution in [3.05, 3.63) is 48.0 Å². The van der Waals surface area contributed by atoms with Crippen molar-refractivity contribution in [3.8, 4) is 0 Å². The van der Waals surface area contributed by atoms with E-state index in [1.807, 2.05) is 30.4 Å². The molecule has 1 amide bonds. The maximum Gasteiger partial charge on any atom is 0.407 e. The summed E-state index contributed by atoms with van der Waals surface area (Å²) in [6, 6.07) is 10.1. The van der Waals surface area contributed by atoms with Gasteiger partial charge in [0.25, 0.3) is 0 Å². The SMILES string of the molecule is CC(CNC(=O)OCC=CC(C)(C)C)c1ccccc1. The normalized spacial score (nSPS) is 13.2. The van der Waals surface area contributed by atoms with E-state index in [0.717, 1.165) is 0 Å². The lowest BCUT2D eigenvalue weighted by Crippen LogP contribution is -2.28. The van der Waals surface area contributed by atoms with Crippen LogP contribution in [-0.2, 0) is 4.74 Å². The quantitative estimate of drug-likeness (QED) is 0.821. The van der Waals surface area contributed by atoms with Crippen molar-refractivity contribution in [2.75, 3.05) is 13.2 Å². The minimum absolute atomic E-state index is 0.113. The van der Waals surface area contributed by atoms with Crippen LogP contribution in [0, 0.1) is 5.41 Å². The van der Waals surface area contributed by atoms with Gasteiger partial charge < -0.3 is 10.1 Å². The summed E-state index contributed by atoms with van der Waals surface area (Å²) in [6.07, 6.45) is 3.54. The summed E-state index contributed by atoms with van der Waals surface area (Å²) < 4.78 is 5.09. The van der Waals surface area contributed by atoms with Crippen LogP contribution >= 0.6 is 0 Å². The molecule has 110 valence electrons. The van der Waals surface area contributed by atoms with Crippen molar-refractivity contribution < 1.29 is 9.53 Å². The van der Waals surface area contributed by atoms with E-state index in [4.69, 9.17) is 4.74 Å². The summed E-state index contributed by atoms with van der Waals surface area (Å²) >= 11 is 0. The number of rotatable bonds is 5. The molecule has 0 aliphatic rings. The fourth-order valence-corrected chi connectivity index (χ4v) is 1.71. The number of carbonyl (C=O) groups excluding carboxylic acids is 1. The molecule has 1 unspecified atom stereocenters. The van der Waals surface area contributed by atoms with Gasteiger partial charge in [0.15, 0.2) is 0 Å². The van der Waals surface area contributed by atoms with Gasteiger partial charge in [-0.2, -0.15) is 0 Å². The smallest absolute Gasteiger partial charge is 0.407 e.